The molecule has 0 radical (unpaired) electrons. The van der Waals surface area contributed by atoms with Gasteiger partial charge in [0, 0.05) is 4.43 Å². The molecule has 0 unspecified atom stereocenters. The second-order valence-electron chi connectivity index (χ2n) is 4.42. The van der Waals surface area contributed by atoms with Crippen molar-refractivity contribution in [3.63, 3.8) is 0 Å². The van der Waals surface area contributed by atoms with E-state index in [9.17, 15) is 0 Å². The van der Waals surface area contributed by atoms with Crippen LogP contribution < -0.4 is 0 Å². The largest absolute Gasteiger partial charge is 0.392 e. The lowest BCUT2D eigenvalue weighted by molar-refractivity contribution is 0.107. The van der Waals surface area contributed by atoms with Gasteiger partial charge in [0.25, 0.3) is 0 Å². The van der Waals surface area contributed by atoms with Gasteiger partial charge in [-0.3, -0.25) is 0 Å². The first-order valence-electron chi connectivity index (χ1n) is 6.22. The Morgan fingerprint density at radius 1 is 0.737 bits per heavy atom. The second-order valence-corrected chi connectivity index (χ2v) is 5.18. The van der Waals surface area contributed by atoms with Gasteiger partial charge in [0.05, 0.1) is 19.8 Å². The van der Waals surface area contributed by atoms with Crippen LogP contribution in [-0.4, -0.2) is 5.11 Å². The molecule has 0 aromatic heterocycles. The Bertz CT molecular complexity index is 444. The summed E-state index contributed by atoms with van der Waals surface area (Å²) < 4.78 is 6.73. The summed E-state index contributed by atoms with van der Waals surface area (Å²) in [4.78, 5) is 0. The van der Waals surface area contributed by atoms with Crippen molar-refractivity contribution in [1.29, 1.82) is 0 Å². The van der Waals surface area contributed by atoms with Crippen LogP contribution in [0.1, 0.15) is 22.3 Å². The minimum Gasteiger partial charge on any atom is -0.392 e. The molecule has 1 N–H and O–H groups in total. The number of rotatable bonds is 6. The second kappa shape index (κ2) is 7.62. The van der Waals surface area contributed by atoms with Crippen LogP contribution in [-0.2, 0) is 29.0 Å². The van der Waals surface area contributed by atoms with Gasteiger partial charge in [-0.2, -0.15) is 0 Å². The first-order valence-corrected chi connectivity index (χ1v) is 7.74. The van der Waals surface area contributed by atoms with Gasteiger partial charge >= 0.3 is 0 Å². The van der Waals surface area contributed by atoms with E-state index < -0.39 is 0 Å². The normalized spacial score (nSPS) is 10.6. The topological polar surface area (TPSA) is 29.5 Å². The average molecular weight is 368 g/mol. The van der Waals surface area contributed by atoms with E-state index in [1.54, 1.807) is 0 Å². The third-order valence-corrected chi connectivity index (χ3v) is 3.80. The Morgan fingerprint density at radius 2 is 1.16 bits per heavy atom. The predicted octanol–water partition coefficient (Wildman–Crippen LogP) is 3.83. The van der Waals surface area contributed by atoms with E-state index in [1.807, 2.05) is 24.3 Å². The minimum absolute atomic E-state index is 0.0876. The molecular weight excluding hydrogens is 351 g/mol. The quantitative estimate of drug-likeness (QED) is 0.620. The van der Waals surface area contributed by atoms with Crippen molar-refractivity contribution >= 4 is 22.6 Å². The van der Waals surface area contributed by atoms with Crippen LogP contribution in [0.3, 0.4) is 0 Å². The molecule has 0 bridgehead atoms. The van der Waals surface area contributed by atoms with Gasteiger partial charge in [-0.15, -0.1) is 0 Å². The first kappa shape index (κ1) is 14.5. The summed E-state index contributed by atoms with van der Waals surface area (Å²) >= 11 is 2.36. The summed E-state index contributed by atoms with van der Waals surface area (Å²) in [6, 6.07) is 16.3. The molecular formula is C16H17IO2. The molecule has 2 rings (SSSR count). The Labute approximate surface area is 127 Å². The molecule has 2 aromatic carbocycles. The van der Waals surface area contributed by atoms with Gasteiger partial charge in [-0.25, -0.2) is 0 Å². The van der Waals surface area contributed by atoms with E-state index in [1.165, 1.54) is 11.1 Å². The van der Waals surface area contributed by atoms with E-state index in [2.05, 4.69) is 46.9 Å². The molecule has 3 heteroatoms. The molecule has 100 valence electrons. The average Bonchev–Trinajstić information content (AvgIpc) is 2.49. The van der Waals surface area contributed by atoms with Gasteiger partial charge in [-0.05, 0) is 22.3 Å². The highest BCUT2D eigenvalue weighted by atomic mass is 127. The van der Waals surface area contributed by atoms with Crippen molar-refractivity contribution in [1.82, 2.24) is 0 Å². The summed E-state index contributed by atoms with van der Waals surface area (Å²) in [5.74, 6) is 0. The van der Waals surface area contributed by atoms with E-state index in [-0.39, 0.29) is 6.61 Å². The molecule has 0 amide bonds. The molecule has 0 aliphatic rings. The Hall–Kier alpha value is -0.910. The maximum Gasteiger partial charge on any atom is 0.0721 e. The van der Waals surface area contributed by atoms with Crippen LogP contribution in [0, 0.1) is 0 Å². The SMILES string of the molecule is OCc1ccc(COCc2ccc(CI)cc2)cc1. The Morgan fingerprint density at radius 3 is 1.58 bits per heavy atom. The number of benzene rings is 2. The zero-order valence-electron chi connectivity index (χ0n) is 10.7. The fraction of sp³-hybridized carbons (Fsp3) is 0.250. The summed E-state index contributed by atoms with van der Waals surface area (Å²) in [5, 5.41) is 8.96. The van der Waals surface area contributed by atoms with E-state index >= 15 is 0 Å². The predicted molar refractivity (Wildman–Crippen MR) is 85.0 cm³/mol. The van der Waals surface area contributed by atoms with Gasteiger partial charge in [0.1, 0.15) is 0 Å². The van der Waals surface area contributed by atoms with Crippen molar-refractivity contribution in [2.45, 2.75) is 24.2 Å². The zero-order valence-corrected chi connectivity index (χ0v) is 12.8. The maximum absolute atomic E-state index is 8.96. The number of aliphatic hydroxyl groups excluding tert-OH is 1. The number of alkyl halides is 1. The number of ether oxygens (including phenoxy) is 1. The molecule has 0 saturated carbocycles. The molecule has 2 aromatic rings. The highest BCUT2D eigenvalue weighted by Crippen LogP contribution is 2.11. The molecule has 0 fully saturated rings. The van der Waals surface area contributed by atoms with Crippen LogP contribution in [0.5, 0.6) is 0 Å². The van der Waals surface area contributed by atoms with Crippen molar-refractivity contribution in [3.8, 4) is 0 Å². The Kier molecular flexibility index (Phi) is 5.82. The minimum atomic E-state index is 0.0876. The summed E-state index contributed by atoms with van der Waals surface area (Å²) in [6.45, 7) is 1.31. The molecule has 0 spiro atoms. The lowest BCUT2D eigenvalue weighted by Crippen LogP contribution is -1.95. The van der Waals surface area contributed by atoms with Crippen molar-refractivity contribution in [3.05, 3.63) is 70.8 Å². The van der Waals surface area contributed by atoms with Gasteiger partial charge in [0.15, 0.2) is 0 Å². The Balaban J connectivity index is 1.81. The van der Waals surface area contributed by atoms with Gasteiger partial charge < -0.3 is 9.84 Å². The van der Waals surface area contributed by atoms with Crippen LogP contribution in [0.4, 0.5) is 0 Å². The zero-order chi connectivity index (χ0) is 13.5. The van der Waals surface area contributed by atoms with Crippen molar-refractivity contribution in [2.75, 3.05) is 0 Å². The lowest BCUT2D eigenvalue weighted by Gasteiger charge is -2.06. The van der Waals surface area contributed by atoms with E-state index in [4.69, 9.17) is 9.84 Å². The van der Waals surface area contributed by atoms with Crippen molar-refractivity contribution in [2.24, 2.45) is 0 Å². The first-order chi connectivity index (χ1) is 9.31. The van der Waals surface area contributed by atoms with E-state index in [0.717, 1.165) is 15.6 Å². The fourth-order valence-electron chi connectivity index (χ4n) is 1.75. The van der Waals surface area contributed by atoms with Crippen LogP contribution in [0.25, 0.3) is 0 Å². The molecule has 2 nitrogen and oxygen atoms in total. The smallest absolute Gasteiger partial charge is 0.0721 e. The number of hydrogen-bond donors (Lipinski definition) is 1. The summed E-state index contributed by atoms with van der Waals surface area (Å²) in [7, 11) is 0. The standard InChI is InChI=1S/C16H17IO2/c17-9-13-1-5-15(6-2-13)11-19-12-16-7-3-14(10-18)4-8-16/h1-8,18H,9-12H2. The summed E-state index contributed by atoms with van der Waals surface area (Å²) in [5.41, 5.74) is 4.59. The third kappa shape index (κ3) is 4.60. The van der Waals surface area contributed by atoms with E-state index in [0.29, 0.717) is 13.2 Å². The van der Waals surface area contributed by atoms with Gasteiger partial charge in [-0.1, -0.05) is 71.1 Å². The summed E-state index contributed by atoms with van der Waals surface area (Å²) in [6.07, 6.45) is 0. The highest BCUT2D eigenvalue weighted by Gasteiger charge is 1.97. The molecule has 19 heavy (non-hydrogen) atoms. The number of aliphatic hydroxyl groups is 1. The monoisotopic (exact) mass is 368 g/mol. The lowest BCUT2D eigenvalue weighted by atomic mass is 10.1. The number of hydrogen-bond acceptors (Lipinski definition) is 2. The molecule has 0 saturated heterocycles. The molecule has 0 heterocycles. The van der Waals surface area contributed by atoms with Gasteiger partial charge in [0.2, 0.25) is 0 Å². The highest BCUT2D eigenvalue weighted by molar-refractivity contribution is 14.1. The van der Waals surface area contributed by atoms with Crippen LogP contribution >= 0.6 is 22.6 Å². The maximum atomic E-state index is 8.96. The molecule has 0 aliphatic heterocycles. The molecule has 0 aliphatic carbocycles. The van der Waals surface area contributed by atoms with Crippen LogP contribution in [0.15, 0.2) is 48.5 Å². The van der Waals surface area contributed by atoms with Crippen LogP contribution in [0.2, 0.25) is 0 Å². The number of halogens is 1. The fourth-order valence-corrected chi connectivity index (χ4v) is 2.26. The molecule has 0 atom stereocenters. The van der Waals surface area contributed by atoms with Crippen molar-refractivity contribution < 1.29 is 9.84 Å². The third-order valence-electron chi connectivity index (χ3n) is 2.92.